The number of carbonyl (C=O) groups is 2. The van der Waals surface area contributed by atoms with Gasteiger partial charge in [-0.1, -0.05) is 11.6 Å². The second-order valence-electron chi connectivity index (χ2n) is 3.44. The third-order valence-corrected chi connectivity index (χ3v) is 2.42. The molecule has 0 aromatic carbocycles. The van der Waals surface area contributed by atoms with E-state index < -0.39 is 23.1 Å². The smallest absolute Gasteiger partial charge is 0.373 e. The minimum Gasteiger partial charge on any atom is -0.502 e. The number of rotatable bonds is 5. The van der Waals surface area contributed by atoms with Crippen molar-refractivity contribution in [2.45, 2.75) is 13.0 Å². The summed E-state index contributed by atoms with van der Waals surface area (Å²) in [6, 6.07) is 1.34. The van der Waals surface area contributed by atoms with Crippen molar-refractivity contribution in [2.75, 3.05) is 7.11 Å². The molecule has 102 valence electrons. The monoisotopic (exact) mass is 286 g/mol. The highest BCUT2D eigenvalue weighted by molar-refractivity contribution is 6.30. The lowest BCUT2D eigenvalue weighted by atomic mass is 10.2. The topological polar surface area (TPSA) is 98.5 Å². The van der Waals surface area contributed by atoms with E-state index in [0.29, 0.717) is 0 Å². The van der Waals surface area contributed by atoms with Gasteiger partial charge in [0, 0.05) is 18.7 Å². The number of methoxy groups -OCH3 is 1. The largest absolute Gasteiger partial charge is 0.502 e. The van der Waals surface area contributed by atoms with Crippen molar-refractivity contribution >= 4 is 23.4 Å². The molecule has 1 N–H and O–H groups in total. The van der Waals surface area contributed by atoms with Crippen LogP contribution in [-0.2, 0) is 20.9 Å². The summed E-state index contributed by atoms with van der Waals surface area (Å²) in [5, 5.41) is 12.9. The number of aryl methyl sites for hydroxylation is 1. The fourth-order valence-corrected chi connectivity index (χ4v) is 1.34. The van der Waals surface area contributed by atoms with Gasteiger partial charge in [0.1, 0.15) is 5.02 Å². The molecule has 0 saturated carbocycles. The van der Waals surface area contributed by atoms with Crippen LogP contribution in [0.3, 0.4) is 0 Å². The van der Waals surface area contributed by atoms with Gasteiger partial charge < -0.3 is 9.84 Å². The number of nitrogens with zero attached hydrogens (tertiary/aromatic N) is 2. The Hall–Kier alpha value is -2.15. The van der Waals surface area contributed by atoms with Crippen molar-refractivity contribution in [3.8, 4) is 0 Å². The highest BCUT2D eigenvalue weighted by Crippen LogP contribution is 1.99. The summed E-state index contributed by atoms with van der Waals surface area (Å²) in [7, 11) is 1.08. The SMILES string of the molecule is COC(=O)/C(O)=C/C(=O)CCn1nccc(Cl)c1=O. The zero-order valence-corrected chi connectivity index (χ0v) is 10.8. The lowest BCUT2D eigenvalue weighted by Gasteiger charge is -2.02. The maximum Gasteiger partial charge on any atom is 0.373 e. The number of aromatic nitrogens is 2. The number of halogens is 1. The summed E-state index contributed by atoms with van der Waals surface area (Å²) in [5.41, 5.74) is -0.516. The van der Waals surface area contributed by atoms with Crippen LogP contribution in [0.4, 0.5) is 0 Å². The number of hydrogen-bond acceptors (Lipinski definition) is 6. The van der Waals surface area contributed by atoms with Crippen LogP contribution < -0.4 is 5.56 Å². The van der Waals surface area contributed by atoms with Crippen molar-refractivity contribution in [1.82, 2.24) is 9.78 Å². The summed E-state index contributed by atoms with van der Waals surface area (Å²) in [4.78, 5) is 33.7. The molecular formula is C11H11ClN2O5. The first-order valence-electron chi connectivity index (χ1n) is 5.19. The number of aliphatic hydroxyl groups excluding tert-OH is 1. The second kappa shape index (κ2) is 6.69. The van der Waals surface area contributed by atoms with Gasteiger partial charge in [-0.25, -0.2) is 9.48 Å². The molecule has 1 aromatic heterocycles. The molecule has 0 aliphatic carbocycles. The van der Waals surface area contributed by atoms with Gasteiger partial charge in [0.05, 0.1) is 13.7 Å². The molecular weight excluding hydrogens is 276 g/mol. The van der Waals surface area contributed by atoms with Crippen LogP contribution >= 0.6 is 11.6 Å². The maximum absolute atomic E-state index is 11.5. The first-order chi connectivity index (χ1) is 8.95. The van der Waals surface area contributed by atoms with E-state index in [0.717, 1.165) is 17.9 Å². The van der Waals surface area contributed by atoms with Gasteiger partial charge in [-0.05, 0) is 6.07 Å². The Labute approximate surface area is 113 Å². The highest BCUT2D eigenvalue weighted by Gasteiger charge is 2.10. The van der Waals surface area contributed by atoms with E-state index in [-0.39, 0.29) is 18.0 Å². The van der Waals surface area contributed by atoms with Gasteiger partial charge >= 0.3 is 5.97 Å². The summed E-state index contributed by atoms with van der Waals surface area (Å²) in [6.45, 7) is -0.0107. The number of hydrogen-bond donors (Lipinski definition) is 1. The Balaban J connectivity index is 2.67. The van der Waals surface area contributed by atoms with Crippen LogP contribution in [0.25, 0.3) is 0 Å². The molecule has 0 bridgehead atoms. The second-order valence-corrected chi connectivity index (χ2v) is 3.85. The molecule has 0 radical (unpaired) electrons. The van der Waals surface area contributed by atoms with E-state index in [1.165, 1.54) is 12.3 Å². The van der Waals surface area contributed by atoms with E-state index in [4.69, 9.17) is 16.7 Å². The van der Waals surface area contributed by atoms with E-state index in [1.54, 1.807) is 0 Å². The highest BCUT2D eigenvalue weighted by atomic mass is 35.5. The lowest BCUT2D eigenvalue weighted by molar-refractivity contribution is -0.139. The minimum atomic E-state index is -1.01. The molecule has 1 rings (SSSR count). The predicted octanol–water partition coefficient (Wildman–Crippen LogP) is 0.471. The Morgan fingerprint density at radius 3 is 2.89 bits per heavy atom. The molecule has 0 amide bonds. The molecule has 0 saturated heterocycles. The van der Waals surface area contributed by atoms with Crippen LogP contribution in [0.15, 0.2) is 28.9 Å². The maximum atomic E-state index is 11.5. The Morgan fingerprint density at radius 1 is 1.58 bits per heavy atom. The average Bonchev–Trinajstić information content (AvgIpc) is 2.39. The van der Waals surface area contributed by atoms with Crippen molar-refractivity contribution in [3.63, 3.8) is 0 Å². The zero-order chi connectivity index (χ0) is 14.4. The average molecular weight is 287 g/mol. The molecule has 7 nitrogen and oxygen atoms in total. The van der Waals surface area contributed by atoms with E-state index in [1.807, 2.05) is 0 Å². The van der Waals surface area contributed by atoms with Gasteiger partial charge in [0.2, 0.25) is 5.76 Å². The molecule has 1 aromatic rings. The van der Waals surface area contributed by atoms with E-state index in [9.17, 15) is 14.4 Å². The molecule has 0 aliphatic heterocycles. The van der Waals surface area contributed by atoms with Gasteiger partial charge in [-0.2, -0.15) is 5.10 Å². The predicted molar refractivity (Wildman–Crippen MR) is 65.9 cm³/mol. The molecule has 0 unspecified atom stereocenters. The van der Waals surface area contributed by atoms with E-state index >= 15 is 0 Å². The molecule has 19 heavy (non-hydrogen) atoms. The number of ether oxygens (including phenoxy) is 1. The quantitative estimate of drug-likeness (QED) is 0.480. The number of esters is 1. The third-order valence-electron chi connectivity index (χ3n) is 2.13. The molecule has 8 heteroatoms. The summed E-state index contributed by atoms with van der Waals surface area (Å²) in [5.74, 6) is -2.35. The number of allylic oxidation sites excluding steroid dienone is 1. The molecule has 0 fully saturated rings. The summed E-state index contributed by atoms with van der Waals surface area (Å²) < 4.78 is 5.23. The Bertz CT molecular complexity index is 579. The van der Waals surface area contributed by atoms with Gasteiger partial charge in [-0.3, -0.25) is 9.59 Å². The number of aliphatic hydroxyl groups is 1. The summed E-state index contributed by atoms with van der Waals surface area (Å²) >= 11 is 5.60. The lowest BCUT2D eigenvalue weighted by Crippen LogP contribution is -2.23. The van der Waals surface area contributed by atoms with Crippen molar-refractivity contribution in [3.05, 3.63) is 39.5 Å². The molecule has 0 spiro atoms. The number of carbonyl (C=O) groups excluding carboxylic acids is 2. The number of ketones is 1. The van der Waals surface area contributed by atoms with Crippen LogP contribution in [0.1, 0.15) is 6.42 Å². The molecule has 0 aliphatic rings. The van der Waals surface area contributed by atoms with Gasteiger partial charge in [0.15, 0.2) is 5.78 Å². The summed E-state index contributed by atoms with van der Waals surface area (Å²) in [6.07, 6.45) is 1.95. The zero-order valence-electron chi connectivity index (χ0n) is 10.00. The van der Waals surface area contributed by atoms with Crippen LogP contribution in [0.2, 0.25) is 5.02 Å². The van der Waals surface area contributed by atoms with Crippen LogP contribution in [-0.4, -0.2) is 33.7 Å². The normalized spacial score (nSPS) is 11.2. The Kier molecular flexibility index (Phi) is 5.25. The van der Waals surface area contributed by atoms with Gasteiger partial charge in [0.25, 0.3) is 5.56 Å². The van der Waals surface area contributed by atoms with Crippen LogP contribution in [0, 0.1) is 0 Å². The molecule has 1 heterocycles. The first-order valence-corrected chi connectivity index (χ1v) is 5.57. The minimum absolute atomic E-state index is 0.00426. The Morgan fingerprint density at radius 2 is 2.26 bits per heavy atom. The van der Waals surface area contributed by atoms with Crippen molar-refractivity contribution < 1.29 is 19.4 Å². The van der Waals surface area contributed by atoms with Gasteiger partial charge in [-0.15, -0.1) is 0 Å². The van der Waals surface area contributed by atoms with Crippen molar-refractivity contribution in [2.24, 2.45) is 0 Å². The molecule has 0 atom stereocenters. The first kappa shape index (κ1) is 14.9. The van der Waals surface area contributed by atoms with E-state index in [2.05, 4.69) is 9.84 Å². The standard InChI is InChI=1S/C11H11ClN2O5/c1-19-11(18)9(16)6-7(15)3-5-14-10(17)8(12)2-4-13-14/h2,4,6,16H,3,5H2,1H3/b9-6-. The van der Waals surface area contributed by atoms with Crippen LogP contribution in [0.5, 0.6) is 0 Å². The van der Waals surface area contributed by atoms with Crippen molar-refractivity contribution in [1.29, 1.82) is 0 Å². The fourth-order valence-electron chi connectivity index (χ4n) is 1.19. The fraction of sp³-hybridized carbons (Fsp3) is 0.273. The third kappa shape index (κ3) is 4.22.